The number of nitrogens with one attached hydrogen (secondary N) is 2. The highest BCUT2D eigenvalue weighted by atomic mass is 15.0. The van der Waals surface area contributed by atoms with Crippen LogP contribution in [-0.2, 0) is 13.6 Å². The molecule has 104 valence electrons. The molecular formula is C15H19N5. The molecule has 0 bridgehead atoms. The van der Waals surface area contributed by atoms with E-state index in [0.29, 0.717) is 0 Å². The van der Waals surface area contributed by atoms with E-state index in [1.165, 1.54) is 0 Å². The molecule has 2 aromatic heterocycles. The second-order valence-corrected chi connectivity index (χ2v) is 5.11. The van der Waals surface area contributed by atoms with E-state index in [1.807, 2.05) is 21.0 Å². The molecule has 0 fully saturated rings. The van der Waals surface area contributed by atoms with E-state index in [4.69, 9.17) is 0 Å². The lowest BCUT2D eigenvalue weighted by atomic mass is 10.1. The second-order valence-electron chi connectivity index (χ2n) is 5.11. The molecule has 2 N–H and O–H groups in total. The summed E-state index contributed by atoms with van der Waals surface area (Å²) in [6.45, 7) is 4.81. The van der Waals surface area contributed by atoms with Gasteiger partial charge in [0.15, 0.2) is 0 Å². The molecule has 0 atom stereocenters. The summed E-state index contributed by atoms with van der Waals surface area (Å²) < 4.78 is 2.10. The van der Waals surface area contributed by atoms with Gasteiger partial charge in [0.2, 0.25) is 0 Å². The van der Waals surface area contributed by atoms with Crippen molar-refractivity contribution in [1.29, 1.82) is 0 Å². The Hall–Kier alpha value is -2.14. The molecule has 0 aliphatic carbocycles. The summed E-state index contributed by atoms with van der Waals surface area (Å²) >= 11 is 0. The van der Waals surface area contributed by atoms with E-state index >= 15 is 0 Å². The summed E-state index contributed by atoms with van der Waals surface area (Å²) in [6, 6.07) is 6.32. The molecule has 5 nitrogen and oxygen atoms in total. The average molecular weight is 269 g/mol. The molecule has 3 aromatic rings. The Bertz CT molecular complexity index is 766. The Labute approximate surface area is 118 Å². The minimum Gasteiger partial charge on any atom is -0.344 e. The minimum atomic E-state index is 0.742. The number of aromatic nitrogens is 4. The van der Waals surface area contributed by atoms with Gasteiger partial charge in [-0.25, -0.2) is 9.97 Å². The highest BCUT2D eigenvalue weighted by molar-refractivity contribution is 5.82. The van der Waals surface area contributed by atoms with Gasteiger partial charge in [0.25, 0.3) is 0 Å². The lowest BCUT2D eigenvalue weighted by Crippen LogP contribution is -2.06. The number of nitrogens with zero attached hydrogens (tertiary/aromatic N) is 3. The van der Waals surface area contributed by atoms with Gasteiger partial charge < -0.3 is 14.9 Å². The van der Waals surface area contributed by atoms with Gasteiger partial charge in [0.1, 0.15) is 11.6 Å². The van der Waals surface area contributed by atoms with Crippen molar-refractivity contribution in [2.24, 2.45) is 7.05 Å². The minimum absolute atomic E-state index is 0.742. The van der Waals surface area contributed by atoms with Crippen molar-refractivity contribution in [3.8, 4) is 11.3 Å². The Morgan fingerprint density at radius 3 is 2.80 bits per heavy atom. The predicted octanol–water partition coefficient (Wildman–Crippen LogP) is 2.30. The van der Waals surface area contributed by atoms with Crippen molar-refractivity contribution in [3.05, 3.63) is 35.5 Å². The second kappa shape index (κ2) is 4.76. The zero-order valence-electron chi connectivity index (χ0n) is 12.3. The number of benzene rings is 1. The van der Waals surface area contributed by atoms with Crippen LogP contribution in [0.25, 0.3) is 22.3 Å². The Morgan fingerprint density at radius 1 is 1.25 bits per heavy atom. The molecule has 5 heteroatoms. The first-order valence-corrected chi connectivity index (χ1v) is 6.73. The molecule has 3 rings (SSSR count). The van der Waals surface area contributed by atoms with Crippen LogP contribution in [0.3, 0.4) is 0 Å². The van der Waals surface area contributed by atoms with E-state index in [9.17, 15) is 0 Å². The molecule has 0 spiro atoms. The molecule has 0 aliphatic heterocycles. The maximum Gasteiger partial charge on any atom is 0.121 e. The lowest BCUT2D eigenvalue weighted by Gasteiger charge is -2.00. The Balaban J connectivity index is 2.10. The van der Waals surface area contributed by atoms with Crippen molar-refractivity contribution in [3.63, 3.8) is 0 Å². The molecule has 0 amide bonds. The Morgan fingerprint density at radius 2 is 2.05 bits per heavy atom. The number of hydrogen-bond donors (Lipinski definition) is 2. The Kier molecular flexibility index (Phi) is 3.06. The van der Waals surface area contributed by atoms with E-state index in [1.54, 1.807) is 0 Å². The number of imidazole rings is 2. The van der Waals surface area contributed by atoms with Crippen LogP contribution in [0.5, 0.6) is 0 Å². The van der Waals surface area contributed by atoms with Crippen LogP contribution in [0.2, 0.25) is 0 Å². The van der Waals surface area contributed by atoms with Crippen LogP contribution in [-0.4, -0.2) is 26.6 Å². The van der Waals surface area contributed by atoms with Crippen molar-refractivity contribution < 1.29 is 0 Å². The summed E-state index contributed by atoms with van der Waals surface area (Å²) in [4.78, 5) is 12.5. The van der Waals surface area contributed by atoms with Crippen molar-refractivity contribution in [2.75, 3.05) is 7.05 Å². The quantitative estimate of drug-likeness (QED) is 0.767. The predicted molar refractivity (Wildman–Crippen MR) is 80.5 cm³/mol. The zero-order valence-corrected chi connectivity index (χ0v) is 12.3. The number of aromatic amines is 1. The van der Waals surface area contributed by atoms with Crippen LogP contribution in [0.1, 0.15) is 17.3 Å². The van der Waals surface area contributed by atoms with Gasteiger partial charge in [-0.3, -0.25) is 0 Å². The summed E-state index contributed by atoms with van der Waals surface area (Å²) in [7, 11) is 3.95. The zero-order chi connectivity index (χ0) is 14.3. The van der Waals surface area contributed by atoms with Crippen LogP contribution in [0.15, 0.2) is 18.2 Å². The van der Waals surface area contributed by atoms with E-state index in [-0.39, 0.29) is 0 Å². The highest BCUT2D eigenvalue weighted by Crippen LogP contribution is 2.25. The molecule has 2 heterocycles. The fraction of sp³-hybridized carbons (Fsp3) is 0.333. The summed E-state index contributed by atoms with van der Waals surface area (Å²) in [6.07, 6.45) is 0. The number of H-pyrrole nitrogens is 1. The first-order chi connectivity index (χ1) is 9.60. The van der Waals surface area contributed by atoms with E-state index in [0.717, 1.165) is 46.2 Å². The van der Waals surface area contributed by atoms with E-state index in [2.05, 4.69) is 50.0 Å². The maximum absolute atomic E-state index is 4.65. The molecule has 0 radical (unpaired) electrons. The fourth-order valence-corrected chi connectivity index (χ4v) is 2.52. The molecular weight excluding hydrogens is 250 g/mol. The number of aryl methyl sites for hydroxylation is 3. The van der Waals surface area contributed by atoms with Gasteiger partial charge in [-0.1, -0.05) is 6.07 Å². The molecule has 20 heavy (non-hydrogen) atoms. The third-order valence-corrected chi connectivity index (χ3v) is 3.66. The van der Waals surface area contributed by atoms with Gasteiger partial charge in [-0.2, -0.15) is 0 Å². The van der Waals surface area contributed by atoms with E-state index < -0.39 is 0 Å². The monoisotopic (exact) mass is 269 g/mol. The standard InChI is InChI=1S/C15H19N5/c1-9-15(19-14(17-9)8-16-3)11-5-6-13-12(7-11)18-10(2)20(13)4/h5-7,16H,8H2,1-4H3,(H,17,19). The normalized spacial score (nSPS) is 11.4. The van der Waals surface area contributed by atoms with Gasteiger partial charge in [-0.05, 0) is 33.0 Å². The first-order valence-electron chi connectivity index (χ1n) is 6.73. The fourth-order valence-electron chi connectivity index (χ4n) is 2.52. The third-order valence-electron chi connectivity index (χ3n) is 3.66. The molecule has 1 aromatic carbocycles. The van der Waals surface area contributed by atoms with Crippen LogP contribution in [0, 0.1) is 13.8 Å². The lowest BCUT2D eigenvalue weighted by molar-refractivity contribution is 0.770. The van der Waals surface area contributed by atoms with Crippen molar-refractivity contribution in [2.45, 2.75) is 20.4 Å². The summed E-state index contributed by atoms with van der Waals surface area (Å²) in [5, 5.41) is 3.11. The van der Waals surface area contributed by atoms with Gasteiger partial charge >= 0.3 is 0 Å². The van der Waals surface area contributed by atoms with Gasteiger partial charge in [-0.15, -0.1) is 0 Å². The topological polar surface area (TPSA) is 58.5 Å². The number of hydrogen-bond acceptors (Lipinski definition) is 3. The van der Waals surface area contributed by atoms with Crippen LogP contribution in [0.4, 0.5) is 0 Å². The van der Waals surface area contributed by atoms with Gasteiger partial charge in [0.05, 0.1) is 23.3 Å². The smallest absolute Gasteiger partial charge is 0.121 e. The van der Waals surface area contributed by atoms with Crippen LogP contribution < -0.4 is 5.32 Å². The molecule has 0 unspecified atom stereocenters. The summed E-state index contributed by atoms with van der Waals surface area (Å²) in [5.41, 5.74) is 5.35. The van der Waals surface area contributed by atoms with Crippen molar-refractivity contribution in [1.82, 2.24) is 24.8 Å². The molecule has 0 aliphatic rings. The average Bonchev–Trinajstić information content (AvgIpc) is 2.91. The number of rotatable bonds is 3. The number of fused-ring (bicyclic) bond motifs is 1. The maximum atomic E-state index is 4.65. The first kappa shape index (κ1) is 12.9. The molecule has 0 saturated heterocycles. The third kappa shape index (κ3) is 2.00. The van der Waals surface area contributed by atoms with Crippen molar-refractivity contribution >= 4 is 11.0 Å². The highest BCUT2D eigenvalue weighted by Gasteiger charge is 2.11. The molecule has 0 saturated carbocycles. The largest absolute Gasteiger partial charge is 0.344 e. The van der Waals surface area contributed by atoms with Gasteiger partial charge in [0, 0.05) is 18.3 Å². The summed E-state index contributed by atoms with van der Waals surface area (Å²) in [5.74, 6) is 1.98. The SMILES string of the molecule is CNCc1nc(-c2ccc3c(c2)nc(C)n3C)c(C)[nH]1. The van der Waals surface area contributed by atoms with Crippen LogP contribution >= 0.6 is 0 Å².